The van der Waals surface area contributed by atoms with Crippen LogP contribution in [0.5, 0.6) is 0 Å². The van der Waals surface area contributed by atoms with Crippen molar-refractivity contribution in [2.45, 2.75) is 0 Å². The summed E-state index contributed by atoms with van der Waals surface area (Å²) in [5.41, 5.74) is 12.5. The van der Waals surface area contributed by atoms with Gasteiger partial charge in [-0.1, -0.05) is 133 Å². The van der Waals surface area contributed by atoms with Crippen LogP contribution in [0.25, 0.3) is 92.2 Å². The average molecular weight is 618 g/mol. The highest BCUT2D eigenvalue weighted by molar-refractivity contribution is 7.26. The van der Waals surface area contributed by atoms with Crippen LogP contribution in [0, 0.1) is 0 Å². The molecule has 0 saturated carbocycles. The number of para-hydroxylation sites is 2. The van der Waals surface area contributed by atoms with Crippen LogP contribution < -0.4 is 0 Å². The highest BCUT2D eigenvalue weighted by Crippen LogP contribution is 2.48. The van der Waals surface area contributed by atoms with Gasteiger partial charge in [-0.15, -0.1) is 11.3 Å². The Labute approximate surface area is 275 Å². The fraction of sp³-hybridized carbons (Fsp3) is 0. The van der Waals surface area contributed by atoms with Crippen LogP contribution in [0.3, 0.4) is 0 Å². The predicted octanol–water partition coefficient (Wildman–Crippen LogP) is 12.9. The van der Waals surface area contributed by atoms with Crippen molar-refractivity contribution in [2.75, 3.05) is 0 Å². The lowest BCUT2D eigenvalue weighted by molar-refractivity contribution is 0.673. The molecule has 0 unspecified atom stereocenters. The van der Waals surface area contributed by atoms with Crippen molar-refractivity contribution in [3.63, 3.8) is 0 Å². The Balaban J connectivity index is 1.27. The second-order valence-corrected chi connectivity index (χ2v) is 13.0. The van der Waals surface area contributed by atoms with Gasteiger partial charge in [-0.2, -0.15) is 0 Å². The molecule has 3 heterocycles. The molecular weight excluding hydrogens is 591 g/mol. The van der Waals surface area contributed by atoms with Crippen molar-refractivity contribution >= 4 is 64.5 Å². The molecule has 10 aromatic rings. The zero-order valence-electron chi connectivity index (χ0n) is 25.4. The lowest BCUT2D eigenvalue weighted by atomic mass is 9.92. The van der Waals surface area contributed by atoms with Gasteiger partial charge in [0, 0.05) is 36.8 Å². The van der Waals surface area contributed by atoms with Gasteiger partial charge in [-0.25, -0.2) is 0 Å². The van der Waals surface area contributed by atoms with E-state index in [1.807, 2.05) is 11.3 Å². The molecule has 220 valence electrons. The summed E-state index contributed by atoms with van der Waals surface area (Å²) in [5.74, 6) is 0. The lowest BCUT2D eigenvalue weighted by Crippen LogP contribution is -1.94. The number of fused-ring (bicyclic) bond motifs is 8. The van der Waals surface area contributed by atoms with E-state index in [1.54, 1.807) is 0 Å². The quantitative estimate of drug-likeness (QED) is 0.192. The Bertz CT molecular complexity index is 2780. The van der Waals surface area contributed by atoms with Crippen LogP contribution in [-0.4, -0.2) is 4.57 Å². The third kappa shape index (κ3) is 3.90. The minimum Gasteiger partial charge on any atom is -0.454 e. The van der Waals surface area contributed by atoms with Crippen molar-refractivity contribution in [2.24, 2.45) is 0 Å². The number of thiophene rings is 1. The van der Waals surface area contributed by atoms with E-state index in [0.29, 0.717) is 0 Å². The monoisotopic (exact) mass is 617 g/mol. The van der Waals surface area contributed by atoms with E-state index in [2.05, 4.69) is 168 Å². The van der Waals surface area contributed by atoms with Gasteiger partial charge in [0.25, 0.3) is 0 Å². The smallest absolute Gasteiger partial charge is 0.161 e. The summed E-state index contributed by atoms with van der Waals surface area (Å²) in [5, 5.41) is 4.84. The summed E-state index contributed by atoms with van der Waals surface area (Å²) < 4.78 is 11.7. The van der Waals surface area contributed by atoms with Crippen molar-refractivity contribution in [1.82, 2.24) is 4.57 Å². The number of hydrogen-bond donors (Lipinski definition) is 0. The van der Waals surface area contributed by atoms with Crippen LogP contribution in [0.15, 0.2) is 168 Å². The topological polar surface area (TPSA) is 18.1 Å². The van der Waals surface area contributed by atoms with Crippen LogP contribution in [0.4, 0.5) is 0 Å². The number of aromatic nitrogens is 1. The average Bonchev–Trinajstić information content (AvgIpc) is 3.81. The van der Waals surface area contributed by atoms with Gasteiger partial charge >= 0.3 is 0 Å². The molecule has 2 nitrogen and oxygen atoms in total. The maximum atomic E-state index is 6.72. The molecule has 7 aromatic carbocycles. The van der Waals surface area contributed by atoms with Gasteiger partial charge in [-0.3, -0.25) is 0 Å². The molecule has 0 saturated heterocycles. The number of rotatable bonds is 4. The minimum absolute atomic E-state index is 0.894. The zero-order chi connectivity index (χ0) is 30.9. The van der Waals surface area contributed by atoms with E-state index >= 15 is 0 Å². The normalized spacial score (nSPS) is 11.8. The number of nitrogens with zero attached hydrogens (tertiary/aromatic N) is 1. The molecule has 0 bridgehead atoms. The lowest BCUT2D eigenvalue weighted by Gasteiger charge is -2.13. The molecule has 0 atom stereocenters. The van der Waals surface area contributed by atoms with Gasteiger partial charge < -0.3 is 8.98 Å². The van der Waals surface area contributed by atoms with Gasteiger partial charge in [0.05, 0.1) is 10.9 Å². The van der Waals surface area contributed by atoms with E-state index in [0.717, 1.165) is 38.7 Å². The van der Waals surface area contributed by atoms with Crippen molar-refractivity contribution in [3.05, 3.63) is 164 Å². The fourth-order valence-corrected chi connectivity index (χ4v) is 8.77. The summed E-state index contributed by atoms with van der Waals surface area (Å²) in [6.45, 7) is 0. The molecule has 3 heteroatoms. The zero-order valence-corrected chi connectivity index (χ0v) is 26.2. The SMILES string of the molecule is c1ccc(-c2cccc3c2sc2c(-c4ccccc4-c4cccc5oc6c7ccccc7n(-c7ccccc7)c6c45)cccc23)cc1. The maximum Gasteiger partial charge on any atom is 0.161 e. The Hall–Kier alpha value is -5.90. The second-order valence-electron chi connectivity index (χ2n) is 12.0. The van der Waals surface area contributed by atoms with Crippen molar-refractivity contribution in [3.8, 4) is 39.1 Å². The number of hydrogen-bond acceptors (Lipinski definition) is 2. The Kier molecular flexibility index (Phi) is 5.78. The van der Waals surface area contributed by atoms with E-state index in [9.17, 15) is 0 Å². The van der Waals surface area contributed by atoms with Gasteiger partial charge in [0.1, 0.15) is 11.1 Å². The molecule has 0 N–H and O–H groups in total. The van der Waals surface area contributed by atoms with E-state index < -0.39 is 0 Å². The molecule has 0 aliphatic heterocycles. The van der Waals surface area contributed by atoms with Crippen LogP contribution in [0.2, 0.25) is 0 Å². The number of benzene rings is 7. The maximum absolute atomic E-state index is 6.72. The third-order valence-electron chi connectivity index (χ3n) is 9.43. The highest BCUT2D eigenvalue weighted by atomic mass is 32.1. The summed E-state index contributed by atoms with van der Waals surface area (Å²) in [6, 6.07) is 58.7. The molecule has 10 rings (SSSR count). The Morgan fingerprint density at radius 2 is 0.979 bits per heavy atom. The van der Waals surface area contributed by atoms with Gasteiger partial charge in [-0.05, 0) is 58.1 Å². The summed E-state index contributed by atoms with van der Waals surface area (Å²) in [7, 11) is 0. The second kappa shape index (κ2) is 10.3. The first kappa shape index (κ1) is 26.3. The summed E-state index contributed by atoms with van der Waals surface area (Å²) in [4.78, 5) is 0. The molecule has 0 amide bonds. The molecule has 0 aliphatic rings. The van der Waals surface area contributed by atoms with E-state index in [1.165, 1.54) is 53.6 Å². The van der Waals surface area contributed by atoms with Gasteiger partial charge in [0.15, 0.2) is 5.58 Å². The fourth-order valence-electron chi connectivity index (χ4n) is 7.41. The molecule has 3 aromatic heterocycles. The first-order valence-corrected chi connectivity index (χ1v) is 16.8. The van der Waals surface area contributed by atoms with Crippen molar-refractivity contribution in [1.29, 1.82) is 0 Å². The van der Waals surface area contributed by atoms with Crippen molar-refractivity contribution < 1.29 is 4.42 Å². The molecule has 47 heavy (non-hydrogen) atoms. The Morgan fingerprint density at radius 3 is 1.77 bits per heavy atom. The molecular formula is C44H27NOS. The van der Waals surface area contributed by atoms with Crippen LogP contribution in [0.1, 0.15) is 0 Å². The predicted molar refractivity (Wildman–Crippen MR) is 200 cm³/mol. The minimum atomic E-state index is 0.894. The van der Waals surface area contributed by atoms with E-state index in [4.69, 9.17) is 4.42 Å². The molecule has 0 fully saturated rings. The molecule has 0 radical (unpaired) electrons. The standard InChI is InChI=1S/C44H27NOS/c1-3-14-28(15-4-1)30-21-11-24-35-36-25-12-23-34(44(36)47-43(30)35)32-19-8-7-18-31(32)33-22-13-27-39-40(33)41-42(46-39)37-20-9-10-26-38(37)45(41)29-16-5-2-6-17-29/h1-27H. The first-order chi connectivity index (χ1) is 23.3. The molecule has 0 spiro atoms. The highest BCUT2D eigenvalue weighted by Gasteiger charge is 2.23. The Morgan fingerprint density at radius 1 is 0.426 bits per heavy atom. The summed E-state index contributed by atoms with van der Waals surface area (Å²) in [6.07, 6.45) is 0. The first-order valence-electron chi connectivity index (χ1n) is 15.9. The molecule has 0 aliphatic carbocycles. The largest absolute Gasteiger partial charge is 0.454 e. The number of furan rings is 1. The summed E-state index contributed by atoms with van der Waals surface area (Å²) >= 11 is 1.90. The van der Waals surface area contributed by atoms with E-state index in [-0.39, 0.29) is 0 Å². The van der Waals surface area contributed by atoms with Gasteiger partial charge in [0.2, 0.25) is 0 Å². The third-order valence-corrected chi connectivity index (χ3v) is 10.7. The van der Waals surface area contributed by atoms with Crippen LogP contribution >= 0.6 is 11.3 Å². The van der Waals surface area contributed by atoms with Crippen LogP contribution in [-0.2, 0) is 0 Å².